The van der Waals surface area contributed by atoms with Gasteiger partial charge in [0.15, 0.2) is 0 Å². The van der Waals surface area contributed by atoms with Crippen molar-refractivity contribution in [2.24, 2.45) is 0 Å². The topological polar surface area (TPSA) is 0 Å². The Morgan fingerprint density at radius 2 is 1.80 bits per heavy atom. The molecule has 0 nitrogen and oxygen atoms in total. The fourth-order valence-corrected chi connectivity index (χ4v) is 0. The second-order valence-electron chi connectivity index (χ2n) is 0.570. The quantitative estimate of drug-likeness (QED) is 0.621. The third-order valence-electron chi connectivity index (χ3n) is 0.178. The van der Waals surface area contributed by atoms with Gasteiger partial charge in [0.05, 0.1) is 0 Å². The van der Waals surface area contributed by atoms with Crippen molar-refractivity contribution >= 4 is 36.2 Å². The molecule has 3 heteroatoms. The Morgan fingerprint density at radius 1 is 1.60 bits per heavy atom. The first-order chi connectivity index (χ1) is 2.27. The summed E-state index contributed by atoms with van der Waals surface area (Å²) in [5, 5.41) is 0. The molecule has 0 bridgehead atoms. The molecule has 0 spiro atoms. The molecule has 5 heavy (non-hydrogen) atoms. The SMILES string of the molecule is C=[CH][In]([Cl])[Cl]. The van der Waals surface area contributed by atoms with Gasteiger partial charge in [0.2, 0.25) is 0 Å². The van der Waals surface area contributed by atoms with Crippen LogP contribution >= 0.6 is 17.2 Å². The number of hydrogen-bond acceptors (Lipinski definition) is 0. The summed E-state index contributed by atoms with van der Waals surface area (Å²) < 4.78 is 1.66. The molecular weight excluding hydrogens is 210 g/mol. The zero-order chi connectivity index (χ0) is 4.28. The van der Waals surface area contributed by atoms with Crippen LogP contribution in [0, 0.1) is 0 Å². The molecule has 0 saturated heterocycles. The van der Waals surface area contributed by atoms with Crippen molar-refractivity contribution in [1.82, 2.24) is 0 Å². The van der Waals surface area contributed by atoms with E-state index >= 15 is 0 Å². The molecule has 0 heterocycles. The van der Waals surface area contributed by atoms with Crippen molar-refractivity contribution in [2.75, 3.05) is 0 Å². The molecule has 0 saturated carbocycles. The van der Waals surface area contributed by atoms with Gasteiger partial charge in [0, 0.05) is 0 Å². The van der Waals surface area contributed by atoms with Crippen LogP contribution in [0.4, 0.5) is 0 Å². The summed E-state index contributed by atoms with van der Waals surface area (Å²) in [6, 6.07) is 0. The molecule has 0 aliphatic carbocycles. The van der Waals surface area contributed by atoms with Gasteiger partial charge in [-0.1, -0.05) is 0 Å². The summed E-state index contributed by atoms with van der Waals surface area (Å²) in [6.45, 7) is 3.39. The van der Waals surface area contributed by atoms with E-state index in [2.05, 4.69) is 6.58 Å². The van der Waals surface area contributed by atoms with Gasteiger partial charge in [-0.3, -0.25) is 0 Å². The van der Waals surface area contributed by atoms with E-state index < -0.39 is 19.1 Å². The second-order valence-corrected chi connectivity index (χ2v) is 11.6. The predicted molar refractivity (Wildman–Crippen MR) is 27.7 cm³/mol. The van der Waals surface area contributed by atoms with Crippen LogP contribution < -0.4 is 0 Å². The molecule has 0 rings (SSSR count). The molecule has 0 unspecified atom stereocenters. The summed E-state index contributed by atoms with van der Waals surface area (Å²) in [6.07, 6.45) is 0. The molecule has 0 amide bonds. The number of halogens is 2. The van der Waals surface area contributed by atoms with Gasteiger partial charge < -0.3 is 0 Å². The zero-order valence-electron chi connectivity index (χ0n) is 2.62. The van der Waals surface area contributed by atoms with E-state index in [4.69, 9.17) is 17.2 Å². The molecule has 0 aromatic heterocycles. The van der Waals surface area contributed by atoms with E-state index in [0.717, 1.165) is 0 Å². The van der Waals surface area contributed by atoms with Crippen molar-refractivity contribution in [3.63, 3.8) is 0 Å². The minimum absolute atomic E-state index is 1.66. The Balaban J connectivity index is 2.83. The van der Waals surface area contributed by atoms with Crippen LogP contribution in [0.2, 0.25) is 0 Å². The van der Waals surface area contributed by atoms with Gasteiger partial charge in [0.1, 0.15) is 0 Å². The van der Waals surface area contributed by atoms with Crippen molar-refractivity contribution in [3.8, 4) is 0 Å². The number of hydrogen-bond donors (Lipinski definition) is 0. The normalized spacial score (nSPS) is 6.80. The van der Waals surface area contributed by atoms with Crippen LogP contribution in [-0.4, -0.2) is 19.1 Å². The predicted octanol–water partition coefficient (Wildman–Crippen LogP) is 1.68. The molecule has 0 atom stereocenters. The Kier molecular flexibility index (Phi) is 4.19. The van der Waals surface area contributed by atoms with E-state index in [1.165, 1.54) is 0 Å². The molecule has 0 aromatic rings. The summed E-state index contributed by atoms with van der Waals surface area (Å²) in [7, 11) is 10.6. The minimum atomic E-state index is -1.97. The van der Waals surface area contributed by atoms with Crippen molar-refractivity contribution in [3.05, 3.63) is 10.4 Å². The van der Waals surface area contributed by atoms with Crippen LogP contribution in [0.1, 0.15) is 0 Å². The molecule has 0 N–H and O–H groups in total. The molecule has 28 valence electrons. The number of rotatable bonds is 1. The van der Waals surface area contributed by atoms with Crippen LogP contribution in [0.3, 0.4) is 0 Å². The maximum absolute atomic E-state index is 5.32. The van der Waals surface area contributed by atoms with Crippen molar-refractivity contribution < 1.29 is 0 Å². The van der Waals surface area contributed by atoms with E-state index in [-0.39, 0.29) is 0 Å². The average Bonchev–Trinajstić information content (AvgIpc) is 1.38. The second kappa shape index (κ2) is 3.38. The van der Waals surface area contributed by atoms with Gasteiger partial charge in [-0.25, -0.2) is 0 Å². The third kappa shape index (κ3) is 5.19. The third-order valence-corrected chi connectivity index (χ3v) is 3.59. The Hall–Kier alpha value is 1.19. The summed E-state index contributed by atoms with van der Waals surface area (Å²) >= 11 is -1.97. The summed E-state index contributed by atoms with van der Waals surface area (Å²) in [4.78, 5) is 0. The maximum atomic E-state index is 5.32. The molecule has 0 aliphatic rings. The Morgan fingerprint density at radius 3 is 1.80 bits per heavy atom. The Bertz CT molecular complexity index is 34.6. The van der Waals surface area contributed by atoms with E-state index in [1.807, 2.05) is 0 Å². The first kappa shape index (κ1) is 6.19. The van der Waals surface area contributed by atoms with E-state index in [0.29, 0.717) is 0 Å². The van der Waals surface area contributed by atoms with Crippen molar-refractivity contribution in [2.45, 2.75) is 0 Å². The van der Waals surface area contributed by atoms with Crippen LogP contribution in [0.15, 0.2) is 10.4 Å². The van der Waals surface area contributed by atoms with Crippen LogP contribution in [0.25, 0.3) is 0 Å². The zero-order valence-corrected chi connectivity index (χ0v) is 7.43. The van der Waals surface area contributed by atoms with E-state index in [9.17, 15) is 0 Å². The van der Waals surface area contributed by atoms with Crippen molar-refractivity contribution in [1.29, 1.82) is 0 Å². The van der Waals surface area contributed by atoms with Gasteiger partial charge >= 0.3 is 46.6 Å². The standard InChI is InChI=1S/C2H3.2ClH.In/c1-2;;;/h1H,2H2;2*1H;/q;;;+2/p-2. The average molecular weight is 213 g/mol. The molecule has 0 aromatic carbocycles. The van der Waals surface area contributed by atoms with Gasteiger partial charge in [-0.05, 0) is 0 Å². The van der Waals surface area contributed by atoms with Gasteiger partial charge in [0.25, 0.3) is 0 Å². The molecule has 0 radical (unpaired) electrons. The first-order valence-electron chi connectivity index (χ1n) is 1.18. The fourth-order valence-electron chi connectivity index (χ4n) is 0. The van der Waals surface area contributed by atoms with E-state index in [1.54, 1.807) is 3.83 Å². The molecule has 0 fully saturated rings. The summed E-state index contributed by atoms with van der Waals surface area (Å²) in [5.41, 5.74) is 0. The monoisotopic (exact) mass is 212 g/mol. The van der Waals surface area contributed by atoms with Crippen LogP contribution in [0.5, 0.6) is 0 Å². The van der Waals surface area contributed by atoms with Crippen LogP contribution in [-0.2, 0) is 0 Å². The molecule has 0 aliphatic heterocycles. The van der Waals surface area contributed by atoms with Gasteiger partial charge in [-0.15, -0.1) is 0 Å². The summed E-state index contributed by atoms with van der Waals surface area (Å²) in [5.74, 6) is 0. The first-order valence-corrected chi connectivity index (χ1v) is 11.4. The van der Waals surface area contributed by atoms with Gasteiger partial charge in [-0.2, -0.15) is 0 Å². The Labute approximate surface area is 46.5 Å². The fraction of sp³-hybridized carbons (Fsp3) is 0. The molecular formula is C2H3Cl2In.